The maximum atomic E-state index is 13.9. The Morgan fingerprint density at radius 2 is 1.81 bits per heavy atom. The molecule has 0 unspecified atom stereocenters. The van der Waals surface area contributed by atoms with E-state index in [9.17, 15) is 18.4 Å². The number of nitrogens with zero attached hydrogens (tertiary/aromatic N) is 1. The summed E-state index contributed by atoms with van der Waals surface area (Å²) < 4.78 is 32.4. The number of carbonyl (C=O) groups is 2. The molecule has 2 amide bonds. The third-order valence-corrected chi connectivity index (χ3v) is 3.80. The molecule has 5 nitrogen and oxygen atoms in total. The minimum atomic E-state index is -0.652. The normalized spacial score (nSPS) is 10.5. The maximum Gasteiger partial charge on any atom is 0.258 e. The number of benzene rings is 2. The summed E-state index contributed by atoms with van der Waals surface area (Å²) in [5.41, 5.74) is 0.518. The molecule has 0 spiro atoms. The molecular formula is C20H16F2N2O3. The molecule has 0 saturated heterocycles. The van der Waals surface area contributed by atoms with Crippen molar-refractivity contribution in [2.24, 2.45) is 0 Å². The minimum Gasteiger partial charge on any atom is -0.467 e. The lowest BCUT2D eigenvalue weighted by atomic mass is 10.1. The molecule has 3 aromatic rings. The van der Waals surface area contributed by atoms with Gasteiger partial charge in [0, 0.05) is 18.2 Å². The van der Waals surface area contributed by atoms with Gasteiger partial charge in [0.1, 0.15) is 17.4 Å². The van der Waals surface area contributed by atoms with Gasteiger partial charge < -0.3 is 14.6 Å². The smallest absolute Gasteiger partial charge is 0.258 e. The van der Waals surface area contributed by atoms with E-state index in [1.807, 2.05) is 0 Å². The quantitative estimate of drug-likeness (QED) is 0.726. The van der Waals surface area contributed by atoms with E-state index in [2.05, 4.69) is 5.32 Å². The van der Waals surface area contributed by atoms with Crippen LogP contribution in [-0.4, -0.2) is 11.8 Å². The fourth-order valence-corrected chi connectivity index (χ4v) is 2.56. The van der Waals surface area contributed by atoms with Crippen LogP contribution in [0.25, 0.3) is 0 Å². The molecule has 7 heteroatoms. The maximum absolute atomic E-state index is 13.9. The van der Waals surface area contributed by atoms with E-state index in [0.29, 0.717) is 11.4 Å². The molecule has 1 aromatic heterocycles. The number of amides is 2. The Balaban J connectivity index is 1.97. The molecular weight excluding hydrogens is 354 g/mol. The summed E-state index contributed by atoms with van der Waals surface area (Å²) >= 11 is 0. The number of nitrogens with one attached hydrogen (secondary N) is 1. The van der Waals surface area contributed by atoms with Crippen LogP contribution in [0, 0.1) is 11.6 Å². The Hall–Kier alpha value is -3.48. The zero-order valence-electron chi connectivity index (χ0n) is 14.4. The van der Waals surface area contributed by atoms with Crippen molar-refractivity contribution in [1.82, 2.24) is 0 Å². The molecule has 0 bridgehead atoms. The number of hydrogen-bond acceptors (Lipinski definition) is 3. The summed E-state index contributed by atoms with van der Waals surface area (Å²) in [5, 5.41) is 2.35. The average molecular weight is 370 g/mol. The van der Waals surface area contributed by atoms with E-state index in [-0.39, 0.29) is 17.8 Å². The summed E-state index contributed by atoms with van der Waals surface area (Å²) in [7, 11) is 0. The van der Waals surface area contributed by atoms with Gasteiger partial charge in [0.25, 0.3) is 5.91 Å². The standard InChI is InChI=1S/C20H16F2N2O3/c1-13(25)23-19-11-14(4-9-18(19)22)20(26)24(12-17-3-2-10-27-17)16-7-5-15(21)6-8-16/h2-11H,12H2,1H3,(H,23,25). The first-order valence-electron chi connectivity index (χ1n) is 8.11. The molecule has 1 heterocycles. The number of carbonyl (C=O) groups excluding carboxylic acids is 2. The molecule has 3 rings (SSSR count). The first-order chi connectivity index (χ1) is 12.9. The van der Waals surface area contributed by atoms with E-state index >= 15 is 0 Å². The van der Waals surface area contributed by atoms with Crippen molar-refractivity contribution in [2.45, 2.75) is 13.5 Å². The average Bonchev–Trinajstić information content (AvgIpc) is 3.15. The van der Waals surface area contributed by atoms with Crippen molar-refractivity contribution < 1.29 is 22.8 Å². The van der Waals surface area contributed by atoms with Crippen molar-refractivity contribution in [3.8, 4) is 0 Å². The van der Waals surface area contributed by atoms with Crippen molar-refractivity contribution in [3.05, 3.63) is 83.8 Å². The molecule has 0 saturated carbocycles. The molecule has 138 valence electrons. The predicted octanol–water partition coefficient (Wildman–Crippen LogP) is 4.36. The fourth-order valence-electron chi connectivity index (χ4n) is 2.56. The van der Waals surface area contributed by atoms with Gasteiger partial charge in [-0.3, -0.25) is 9.59 Å². The Morgan fingerprint density at radius 1 is 1.07 bits per heavy atom. The van der Waals surface area contributed by atoms with E-state index in [0.717, 1.165) is 6.07 Å². The van der Waals surface area contributed by atoms with Gasteiger partial charge in [-0.2, -0.15) is 0 Å². The third kappa shape index (κ3) is 4.38. The highest BCUT2D eigenvalue weighted by Gasteiger charge is 2.21. The second kappa shape index (κ2) is 7.82. The second-order valence-corrected chi connectivity index (χ2v) is 5.82. The largest absolute Gasteiger partial charge is 0.467 e. The summed E-state index contributed by atoms with van der Waals surface area (Å²) in [5.74, 6) is -1.47. The van der Waals surface area contributed by atoms with Gasteiger partial charge >= 0.3 is 0 Å². The molecule has 0 radical (unpaired) electrons. The molecule has 2 aromatic carbocycles. The van der Waals surface area contributed by atoms with Crippen molar-refractivity contribution in [3.63, 3.8) is 0 Å². The van der Waals surface area contributed by atoms with Gasteiger partial charge in [-0.25, -0.2) is 8.78 Å². The van der Waals surface area contributed by atoms with Crippen LogP contribution in [0.2, 0.25) is 0 Å². The van der Waals surface area contributed by atoms with Gasteiger partial charge in [-0.05, 0) is 54.6 Å². The summed E-state index contributed by atoms with van der Waals surface area (Å²) in [6.45, 7) is 1.35. The van der Waals surface area contributed by atoms with Crippen molar-refractivity contribution in [2.75, 3.05) is 10.2 Å². The zero-order valence-corrected chi connectivity index (χ0v) is 14.4. The number of halogens is 2. The Bertz CT molecular complexity index is 954. The van der Waals surface area contributed by atoms with E-state index in [4.69, 9.17) is 4.42 Å². The lowest BCUT2D eigenvalue weighted by molar-refractivity contribution is -0.114. The van der Waals surface area contributed by atoms with Crippen LogP contribution >= 0.6 is 0 Å². The highest BCUT2D eigenvalue weighted by atomic mass is 19.1. The first-order valence-corrected chi connectivity index (χ1v) is 8.11. The molecule has 0 aliphatic rings. The Kier molecular flexibility index (Phi) is 5.30. The molecule has 0 atom stereocenters. The predicted molar refractivity (Wildman–Crippen MR) is 96.3 cm³/mol. The molecule has 0 fully saturated rings. The monoisotopic (exact) mass is 370 g/mol. The number of anilines is 2. The number of rotatable bonds is 5. The van der Waals surface area contributed by atoms with Gasteiger partial charge in [-0.1, -0.05) is 0 Å². The number of furan rings is 1. The first kappa shape index (κ1) is 18.3. The second-order valence-electron chi connectivity index (χ2n) is 5.82. The highest BCUT2D eigenvalue weighted by Crippen LogP contribution is 2.23. The molecule has 27 heavy (non-hydrogen) atoms. The summed E-state index contributed by atoms with van der Waals surface area (Å²) in [6, 6.07) is 12.5. The molecule has 1 N–H and O–H groups in total. The van der Waals surface area contributed by atoms with Crippen LogP contribution in [0.4, 0.5) is 20.2 Å². The summed E-state index contributed by atoms with van der Waals surface area (Å²) in [6.07, 6.45) is 1.48. The topological polar surface area (TPSA) is 62.6 Å². The van der Waals surface area contributed by atoms with Crippen LogP contribution in [0.5, 0.6) is 0 Å². The zero-order chi connectivity index (χ0) is 19.4. The van der Waals surface area contributed by atoms with Crippen molar-refractivity contribution >= 4 is 23.2 Å². The van der Waals surface area contributed by atoms with Gasteiger partial charge in [-0.15, -0.1) is 0 Å². The third-order valence-electron chi connectivity index (χ3n) is 3.80. The summed E-state index contributed by atoms with van der Waals surface area (Å²) in [4.78, 5) is 25.7. The van der Waals surface area contributed by atoms with Crippen LogP contribution in [0.3, 0.4) is 0 Å². The number of hydrogen-bond donors (Lipinski definition) is 1. The van der Waals surface area contributed by atoms with E-state index in [1.165, 1.54) is 54.5 Å². The van der Waals surface area contributed by atoms with Gasteiger partial charge in [0.05, 0.1) is 18.5 Å². The van der Waals surface area contributed by atoms with Crippen LogP contribution in [0.1, 0.15) is 23.0 Å². The highest BCUT2D eigenvalue weighted by molar-refractivity contribution is 6.06. The van der Waals surface area contributed by atoms with Gasteiger partial charge in [0.2, 0.25) is 5.91 Å². The van der Waals surface area contributed by atoms with Crippen LogP contribution in [0.15, 0.2) is 65.3 Å². The minimum absolute atomic E-state index is 0.0922. The Morgan fingerprint density at radius 3 is 2.44 bits per heavy atom. The SMILES string of the molecule is CC(=O)Nc1cc(C(=O)N(Cc2ccco2)c2ccc(F)cc2)ccc1F. The van der Waals surface area contributed by atoms with Crippen LogP contribution < -0.4 is 10.2 Å². The van der Waals surface area contributed by atoms with E-state index < -0.39 is 23.4 Å². The Labute approximate surface area is 154 Å². The lowest BCUT2D eigenvalue weighted by Crippen LogP contribution is -2.30. The molecule has 0 aliphatic heterocycles. The van der Waals surface area contributed by atoms with Crippen LogP contribution in [-0.2, 0) is 11.3 Å². The fraction of sp³-hybridized carbons (Fsp3) is 0.100. The van der Waals surface area contributed by atoms with E-state index in [1.54, 1.807) is 12.1 Å². The molecule has 0 aliphatic carbocycles. The van der Waals surface area contributed by atoms with Gasteiger partial charge in [0.15, 0.2) is 0 Å². The lowest BCUT2D eigenvalue weighted by Gasteiger charge is -2.22. The van der Waals surface area contributed by atoms with Crippen molar-refractivity contribution in [1.29, 1.82) is 0 Å².